The van der Waals surface area contributed by atoms with Crippen molar-refractivity contribution in [3.8, 4) is 5.75 Å². The number of aromatic nitrogens is 1. The van der Waals surface area contributed by atoms with Crippen molar-refractivity contribution in [1.29, 1.82) is 0 Å². The van der Waals surface area contributed by atoms with Crippen LogP contribution in [0.15, 0.2) is 29.3 Å². The van der Waals surface area contributed by atoms with Crippen LogP contribution in [0.25, 0.3) is 10.9 Å². The second kappa shape index (κ2) is 7.14. The monoisotopic (exact) mass is 351 g/mol. The molecule has 0 spiro atoms. The highest BCUT2D eigenvalue weighted by Crippen LogP contribution is 2.27. The lowest BCUT2D eigenvalue weighted by Crippen LogP contribution is -2.25. The Hall–Kier alpha value is -2.19. The number of carbonyl (C=O) groups is 1. The highest BCUT2D eigenvalue weighted by atomic mass is 32.2. The Labute approximate surface area is 142 Å². The minimum Gasteiger partial charge on any atom is -0.484 e. The van der Waals surface area contributed by atoms with E-state index in [9.17, 15) is 9.18 Å². The number of benzene rings is 1. The first-order chi connectivity index (χ1) is 11.6. The molecule has 2 aromatic rings. The number of rotatable bonds is 6. The number of halogens is 1. The van der Waals surface area contributed by atoms with Crippen LogP contribution in [0.3, 0.4) is 0 Å². The predicted molar refractivity (Wildman–Crippen MR) is 91.0 cm³/mol. The van der Waals surface area contributed by atoms with Crippen molar-refractivity contribution in [2.24, 2.45) is 0 Å². The number of hydrogen-bond acceptors (Lipinski definition) is 5. The van der Waals surface area contributed by atoms with Gasteiger partial charge < -0.3 is 25.0 Å². The van der Waals surface area contributed by atoms with Crippen LogP contribution in [0, 0.1) is 5.82 Å². The number of hydrogen-bond donors (Lipinski definition) is 3. The Bertz CT molecular complexity index is 790. The van der Waals surface area contributed by atoms with E-state index in [2.05, 4.69) is 15.2 Å². The third kappa shape index (κ3) is 3.65. The summed E-state index contributed by atoms with van der Waals surface area (Å²) < 4.78 is 19.8. The Morgan fingerprint density at radius 2 is 2.33 bits per heavy atom. The molecule has 1 aromatic heterocycles. The molecule has 0 saturated carbocycles. The van der Waals surface area contributed by atoms with Gasteiger partial charge in [0.15, 0.2) is 11.6 Å². The summed E-state index contributed by atoms with van der Waals surface area (Å²) in [6.45, 7) is -0.0116. The van der Waals surface area contributed by atoms with Crippen molar-refractivity contribution in [2.75, 3.05) is 26.1 Å². The second-order valence-corrected chi connectivity index (χ2v) is 6.32. The molecule has 128 valence electrons. The van der Waals surface area contributed by atoms with E-state index in [1.807, 2.05) is 12.5 Å². The number of aliphatic hydroxyl groups is 1. The fourth-order valence-corrected chi connectivity index (χ4v) is 3.27. The Morgan fingerprint density at radius 1 is 1.50 bits per heavy atom. The Morgan fingerprint density at radius 3 is 3.04 bits per heavy atom. The first-order valence-electron chi connectivity index (χ1n) is 7.40. The molecule has 1 aromatic carbocycles. The average Bonchev–Trinajstić information content (AvgIpc) is 3.15. The van der Waals surface area contributed by atoms with Gasteiger partial charge in [0.1, 0.15) is 13.2 Å². The van der Waals surface area contributed by atoms with Gasteiger partial charge in [0.05, 0.1) is 18.1 Å². The molecule has 0 bridgehead atoms. The number of likely N-dealkylation sites (N-methyl/N-ethyl adjacent to an activating group) is 1. The molecule has 2 heterocycles. The number of thioether (sulfide) groups is 1. The maximum atomic E-state index is 14.2. The lowest BCUT2D eigenvalue weighted by Gasteiger charge is -2.16. The molecule has 1 aliphatic rings. The first-order valence-corrected chi connectivity index (χ1v) is 8.45. The average molecular weight is 351 g/mol. The zero-order valence-electron chi connectivity index (χ0n) is 13.1. The summed E-state index contributed by atoms with van der Waals surface area (Å²) in [7, 11) is 1.96. The molecule has 0 unspecified atom stereocenters. The van der Waals surface area contributed by atoms with Crippen LogP contribution in [0.1, 0.15) is 5.69 Å². The van der Waals surface area contributed by atoms with Gasteiger partial charge in [-0.05, 0) is 17.5 Å². The summed E-state index contributed by atoms with van der Waals surface area (Å²) >= 11 is 1.68. The molecule has 24 heavy (non-hydrogen) atoms. The molecular formula is C16H18FN3O3S. The summed E-state index contributed by atoms with van der Waals surface area (Å²) in [5, 5.41) is 13.9. The quantitative estimate of drug-likeness (QED) is 0.739. The molecular weight excluding hydrogens is 333 g/mol. The SMILES string of the molecule is CN1CSC=C1COc1cc2[nH]c(CNC(=O)CO)cc2cc1F. The predicted octanol–water partition coefficient (Wildman–Crippen LogP) is 1.77. The molecule has 6 nitrogen and oxygen atoms in total. The topological polar surface area (TPSA) is 77.6 Å². The number of carbonyl (C=O) groups excluding carboxylic acids is 1. The van der Waals surface area contributed by atoms with E-state index in [4.69, 9.17) is 9.84 Å². The Kier molecular flexibility index (Phi) is 4.96. The van der Waals surface area contributed by atoms with Crippen LogP contribution in [0.2, 0.25) is 0 Å². The highest BCUT2D eigenvalue weighted by molar-refractivity contribution is 8.02. The van der Waals surface area contributed by atoms with E-state index >= 15 is 0 Å². The molecule has 0 saturated heterocycles. The number of aromatic amines is 1. The number of aliphatic hydroxyl groups excluding tert-OH is 1. The number of nitrogens with zero attached hydrogens (tertiary/aromatic N) is 1. The van der Waals surface area contributed by atoms with Crippen molar-refractivity contribution in [1.82, 2.24) is 15.2 Å². The smallest absolute Gasteiger partial charge is 0.246 e. The summed E-state index contributed by atoms with van der Waals surface area (Å²) in [5.74, 6) is 0.165. The molecule has 0 fully saturated rings. The van der Waals surface area contributed by atoms with Crippen molar-refractivity contribution in [3.63, 3.8) is 0 Å². The zero-order chi connectivity index (χ0) is 17.1. The highest BCUT2D eigenvalue weighted by Gasteiger charge is 2.14. The molecule has 0 radical (unpaired) electrons. The van der Waals surface area contributed by atoms with Gasteiger partial charge in [-0.3, -0.25) is 4.79 Å². The summed E-state index contributed by atoms with van der Waals surface area (Å²) in [6.07, 6.45) is 0. The molecule has 1 aliphatic heterocycles. The summed E-state index contributed by atoms with van der Waals surface area (Å²) in [5.41, 5.74) is 2.46. The largest absolute Gasteiger partial charge is 0.484 e. The van der Waals surface area contributed by atoms with E-state index in [0.717, 1.165) is 22.8 Å². The first kappa shape index (κ1) is 16.7. The number of ether oxygens (including phenoxy) is 1. The van der Waals surface area contributed by atoms with Gasteiger partial charge in [0.2, 0.25) is 5.91 Å². The van der Waals surface area contributed by atoms with Crippen molar-refractivity contribution < 1.29 is 19.0 Å². The van der Waals surface area contributed by atoms with Crippen LogP contribution >= 0.6 is 11.8 Å². The van der Waals surface area contributed by atoms with Crippen LogP contribution < -0.4 is 10.1 Å². The maximum absolute atomic E-state index is 14.2. The van der Waals surface area contributed by atoms with Crippen LogP contribution in [0.4, 0.5) is 4.39 Å². The third-order valence-electron chi connectivity index (χ3n) is 3.70. The fraction of sp³-hybridized carbons (Fsp3) is 0.312. The van der Waals surface area contributed by atoms with Gasteiger partial charge in [0, 0.05) is 29.7 Å². The van der Waals surface area contributed by atoms with Gasteiger partial charge in [-0.1, -0.05) is 0 Å². The second-order valence-electron chi connectivity index (χ2n) is 5.49. The van der Waals surface area contributed by atoms with E-state index in [-0.39, 0.29) is 12.3 Å². The minimum absolute atomic E-state index is 0.182. The number of nitrogens with one attached hydrogen (secondary N) is 2. The van der Waals surface area contributed by atoms with Gasteiger partial charge in [-0.2, -0.15) is 0 Å². The van der Waals surface area contributed by atoms with Gasteiger partial charge >= 0.3 is 0 Å². The van der Waals surface area contributed by atoms with E-state index < -0.39 is 18.3 Å². The van der Waals surface area contributed by atoms with E-state index in [1.54, 1.807) is 23.9 Å². The summed E-state index contributed by atoms with van der Waals surface area (Å²) in [4.78, 5) is 16.2. The lowest BCUT2D eigenvalue weighted by molar-refractivity contribution is -0.123. The maximum Gasteiger partial charge on any atom is 0.246 e. The third-order valence-corrected chi connectivity index (χ3v) is 4.68. The minimum atomic E-state index is -0.560. The summed E-state index contributed by atoms with van der Waals surface area (Å²) in [6, 6.07) is 4.77. The number of amides is 1. The zero-order valence-corrected chi connectivity index (χ0v) is 14.0. The molecule has 3 rings (SSSR count). The molecule has 1 amide bonds. The van der Waals surface area contributed by atoms with E-state index in [0.29, 0.717) is 12.0 Å². The lowest BCUT2D eigenvalue weighted by atomic mass is 10.2. The number of H-pyrrole nitrogens is 1. The van der Waals surface area contributed by atoms with Crippen molar-refractivity contribution in [2.45, 2.75) is 6.54 Å². The van der Waals surface area contributed by atoms with Gasteiger partial charge in [-0.15, -0.1) is 11.8 Å². The molecule has 8 heteroatoms. The van der Waals surface area contributed by atoms with Crippen LogP contribution in [-0.2, 0) is 11.3 Å². The normalized spacial score (nSPS) is 14.1. The molecule has 0 atom stereocenters. The van der Waals surface area contributed by atoms with E-state index in [1.165, 1.54) is 6.07 Å². The van der Waals surface area contributed by atoms with Crippen molar-refractivity contribution >= 4 is 28.6 Å². The van der Waals surface area contributed by atoms with Crippen molar-refractivity contribution in [3.05, 3.63) is 40.8 Å². The Balaban J connectivity index is 1.72. The van der Waals surface area contributed by atoms with Gasteiger partial charge in [0.25, 0.3) is 0 Å². The fourth-order valence-electron chi connectivity index (χ4n) is 2.36. The molecule has 3 N–H and O–H groups in total. The number of fused-ring (bicyclic) bond motifs is 1. The standard InChI is InChI=1S/C16H18FN3O3S/c1-20-9-24-8-12(20)7-23-15-4-14-10(3-13(15)17)2-11(19-14)5-18-16(22)6-21/h2-4,8,19,21H,5-7,9H2,1H3,(H,18,22). The molecule has 0 aliphatic carbocycles. The van der Waals surface area contributed by atoms with Gasteiger partial charge in [-0.25, -0.2) is 4.39 Å². The van der Waals surface area contributed by atoms with Crippen LogP contribution in [0.5, 0.6) is 5.75 Å². The van der Waals surface area contributed by atoms with Crippen LogP contribution in [-0.4, -0.2) is 47.0 Å².